The van der Waals surface area contributed by atoms with Crippen LogP contribution in [0.3, 0.4) is 0 Å². The fourth-order valence-corrected chi connectivity index (χ4v) is 2.22. The molecule has 3 N–H and O–H groups in total. The van der Waals surface area contributed by atoms with Gasteiger partial charge in [-0.15, -0.1) is 0 Å². The van der Waals surface area contributed by atoms with Gasteiger partial charge in [0.2, 0.25) is 0 Å². The summed E-state index contributed by atoms with van der Waals surface area (Å²) in [5.41, 5.74) is 4.34. The highest BCUT2D eigenvalue weighted by atomic mass is 35.5. The van der Waals surface area contributed by atoms with Crippen molar-refractivity contribution < 1.29 is 32.2 Å². The predicted octanol–water partition coefficient (Wildman–Crippen LogP) is 2.88. The number of nitrogens with one attached hydrogen (secondary N) is 1. The van der Waals surface area contributed by atoms with Crippen LogP contribution in [0.4, 0.5) is 18.9 Å². The third-order valence-corrected chi connectivity index (χ3v) is 3.41. The number of anilines is 1. The molecule has 0 saturated heterocycles. The van der Waals surface area contributed by atoms with Crippen LogP contribution in [0, 0.1) is 17.5 Å². The van der Waals surface area contributed by atoms with Crippen molar-refractivity contribution in [3.63, 3.8) is 0 Å². The number of nitrogens with two attached hydrogens (primary N) is 1. The highest BCUT2D eigenvalue weighted by Crippen LogP contribution is 2.36. The Balaban J connectivity index is 2.31. The lowest BCUT2D eigenvalue weighted by Gasteiger charge is -2.13. The van der Waals surface area contributed by atoms with Gasteiger partial charge in [-0.25, -0.2) is 13.2 Å². The zero-order valence-corrected chi connectivity index (χ0v) is 14.0. The predicted molar refractivity (Wildman–Crippen MR) is 87.0 cm³/mol. The summed E-state index contributed by atoms with van der Waals surface area (Å²) in [4.78, 5) is 23.0. The number of hydrogen-bond donors (Lipinski definition) is 2. The number of primary amides is 1. The molecule has 0 spiro atoms. The molecule has 10 heteroatoms. The molecule has 0 radical (unpaired) electrons. The number of carbonyl (C=O) groups is 2. The van der Waals surface area contributed by atoms with Crippen molar-refractivity contribution >= 4 is 29.1 Å². The highest BCUT2D eigenvalue weighted by molar-refractivity contribution is 6.32. The van der Waals surface area contributed by atoms with E-state index in [2.05, 4.69) is 5.32 Å². The van der Waals surface area contributed by atoms with Crippen molar-refractivity contribution in [2.75, 3.05) is 19.0 Å². The number of halogens is 4. The molecule has 0 aromatic heterocycles. The van der Waals surface area contributed by atoms with Crippen LogP contribution < -0.4 is 20.5 Å². The van der Waals surface area contributed by atoms with Crippen molar-refractivity contribution in [3.8, 4) is 11.5 Å². The molecule has 26 heavy (non-hydrogen) atoms. The van der Waals surface area contributed by atoms with E-state index in [-0.39, 0.29) is 22.1 Å². The molecule has 0 aliphatic rings. The minimum absolute atomic E-state index is 0.00894. The fourth-order valence-electron chi connectivity index (χ4n) is 1.95. The second kappa shape index (κ2) is 7.96. The summed E-state index contributed by atoms with van der Waals surface area (Å²) in [6, 6.07) is 3.90. The number of benzene rings is 2. The van der Waals surface area contributed by atoms with Crippen LogP contribution in [0.5, 0.6) is 11.5 Å². The van der Waals surface area contributed by atoms with Gasteiger partial charge in [-0.05, 0) is 24.3 Å². The van der Waals surface area contributed by atoms with Gasteiger partial charge < -0.3 is 20.5 Å². The molecule has 0 bridgehead atoms. The van der Waals surface area contributed by atoms with Gasteiger partial charge in [-0.3, -0.25) is 9.59 Å². The van der Waals surface area contributed by atoms with Crippen LogP contribution in [-0.2, 0) is 4.79 Å². The van der Waals surface area contributed by atoms with Crippen LogP contribution in [0.1, 0.15) is 10.4 Å². The minimum atomic E-state index is -1.71. The number of amides is 2. The largest absolute Gasteiger partial charge is 0.493 e. The number of methoxy groups -OCH3 is 1. The molecule has 0 unspecified atom stereocenters. The van der Waals surface area contributed by atoms with E-state index < -0.39 is 41.6 Å². The van der Waals surface area contributed by atoms with Gasteiger partial charge in [-0.2, -0.15) is 0 Å². The minimum Gasteiger partial charge on any atom is -0.493 e. The Labute approximate surface area is 150 Å². The molecule has 0 fully saturated rings. The van der Waals surface area contributed by atoms with E-state index in [1.165, 1.54) is 13.2 Å². The molecule has 0 aliphatic carbocycles. The smallest absolute Gasteiger partial charge is 0.255 e. The summed E-state index contributed by atoms with van der Waals surface area (Å²) in [6.07, 6.45) is 0. The summed E-state index contributed by atoms with van der Waals surface area (Å²) in [6.45, 7) is -0.471. The Morgan fingerprint density at radius 2 is 1.88 bits per heavy atom. The number of ether oxygens (including phenoxy) is 2. The Kier molecular flexibility index (Phi) is 5.93. The van der Waals surface area contributed by atoms with E-state index in [9.17, 15) is 22.8 Å². The van der Waals surface area contributed by atoms with Gasteiger partial charge in [0.1, 0.15) is 0 Å². The number of rotatable bonds is 6. The Morgan fingerprint density at radius 3 is 2.50 bits per heavy atom. The van der Waals surface area contributed by atoms with Crippen molar-refractivity contribution in [2.24, 2.45) is 5.73 Å². The monoisotopic (exact) mass is 388 g/mol. The van der Waals surface area contributed by atoms with E-state index in [4.69, 9.17) is 26.8 Å². The maximum absolute atomic E-state index is 13.7. The van der Waals surface area contributed by atoms with Crippen molar-refractivity contribution in [2.45, 2.75) is 0 Å². The Morgan fingerprint density at radius 1 is 1.19 bits per heavy atom. The lowest BCUT2D eigenvalue weighted by molar-refractivity contribution is -0.119. The molecule has 6 nitrogen and oxygen atoms in total. The Bertz CT molecular complexity index is 877. The van der Waals surface area contributed by atoms with Crippen LogP contribution in [0.15, 0.2) is 24.3 Å². The molecule has 2 aromatic carbocycles. The normalized spacial score (nSPS) is 10.3. The first-order valence-corrected chi connectivity index (χ1v) is 7.35. The highest BCUT2D eigenvalue weighted by Gasteiger charge is 2.19. The van der Waals surface area contributed by atoms with Gasteiger partial charge >= 0.3 is 0 Å². The molecular weight excluding hydrogens is 377 g/mol. The van der Waals surface area contributed by atoms with Crippen molar-refractivity contribution in [1.82, 2.24) is 0 Å². The van der Waals surface area contributed by atoms with Crippen molar-refractivity contribution in [3.05, 3.63) is 52.3 Å². The third kappa shape index (κ3) is 4.17. The second-order valence-electron chi connectivity index (χ2n) is 4.92. The average Bonchev–Trinajstić information content (AvgIpc) is 2.60. The number of carbonyl (C=O) groups excluding carboxylic acids is 2. The zero-order valence-electron chi connectivity index (χ0n) is 13.2. The molecule has 0 saturated carbocycles. The van der Waals surface area contributed by atoms with Crippen LogP contribution in [0.25, 0.3) is 0 Å². The van der Waals surface area contributed by atoms with Gasteiger partial charge in [0, 0.05) is 5.56 Å². The summed E-state index contributed by atoms with van der Waals surface area (Å²) in [5.74, 6) is -6.28. The van der Waals surface area contributed by atoms with Gasteiger partial charge in [0.25, 0.3) is 11.8 Å². The maximum atomic E-state index is 13.7. The molecular formula is C16H12ClF3N2O4. The summed E-state index contributed by atoms with van der Waals surface area (Å²) >= 11 is 6.00. The molecule has 2 aromatic rings. The van der Waals surface area contributed by atoms with E-state index in [1.807, 2.05) is 0 Å². The molecule has 2 rings (SSSR count). The topological polar surface area (TPSA) is 90.7 Å². The van der Waals surface area contributed by atoms with Crippen LogP contribution in [0.2, 0.25) is 5.02 Å². The van der Waals surface area contributed by atoms with Gasteiger partial charge in [0.15, 0.2) is 35.6 Å². The quantitative estimate of drug-likeness (QED) is 0.744. The third-order valence-electron chi connectivity index (χ3n) is 3.13. The van der Waals surface area contributed by atoms with Crippen LogP contribution in [-0.4, -0.2) is 25.5 Å². The summed E-state index contributed by atoms with van der Waals surface area (Å²) in [5, 5.41) is 2.01. The van der Waals surface area contributed by atoms with Crippen LogP contribution >= 0.6 is 11.6 Å². The first kappa shape index (κ1) is 19.4. The molecule has 138 valence electrons. The SMILES string of the molecule is COc1cc(C(=O)Nc2ccc(F)c(F)c2F)cc(Cl)c1OCC(N)=O. The standard InChI is InChI=1S/C16H12ClF3N2O4/c1-25-11-5-7(4-8(17)15(11)26-6-12(21)23)16(24)22-10-3-2-9(18)13(19)14(10)20/h2-5H,6H2,1H3,(H2,21,23)(H,22,24). The Hall–Kier alpha value is -2.94. The molecule has 2 amide bonds. The molecule has 0 aliphatic heterocycles. The summed E-state index contributed by atoms with van der Waals surface area (Å²) in [7, 11) is 1.26. The van der Waals surface area contributed by atoms with E-state index >= 15 is 0 Å². The number of hydrogen-bond acceptors (Lipinski definition) is 4. The summed E-state index contributed by atoms with van der Waals surface area (Å²) < 4.78 is 50.0. The van der Waals surface area contributed by atoms with E-state index in [0.29, 0.717) is 6.07 Å². The molecule has 0 heterocycles. The molecule has 0 atom stereocenters. The first-order chi connectivity index (χ1) is 12.2. The van der Waals surface area contributed by atoms with Crippen molar-refractivity contribution in [1.29, 1.82) is 0 Å². The fraction of sp³-hybridized carbons (Fsp3) is 0.125. The maximum Gasteiger partial charge on any atom is 0.255 e. The van der Waals surface area contributed by atoms with Gasteiger partial charge in [-0.1, -0.05) is 11.6 Å². The van der Waals surface area contributed by atoms with E-state index in [0.717, 1.165) is 12.1 Å². The lowest BCUT2D eigenvalue weighted by atomic mass is 10.1. The first-order valence-electron chi connectivity index (χ1n) is 6.98. The average molecular weight is 389 g/mol. The second-order valence-corrected chi connectivity index (χ2v) is 5.33. The van der Waals surface area contributed by atoms with E-state index in [1.54, 1.807) is 0 Å². The van der Waals surface area contributed by atoms with Gasteiger partial charge in [0.05, 0.1) is 17.8 Å². The lowest BCUT2D eigenvalue weighted by Crippen LogP contribution is -2.20. The zero-order chi connectivity index (χ0) is 19.4.